The summed E-state index contributed by atoms with van der Waals surface area (Å²) in [6.07, 6.45) is -2.70. The number of halogens is 4. The van der Waals surface area contributed by atoms with Gasteiger partial charge in [0.1, 0.15) is 33.9 Å². The van der Waals surface area contributed by atoms with Gasteiger partial charge in [-0.1, -0.05) is 12.1 Å². The molecule has 1 aromatic heterocycles. The van der Waals surface area contributed by atoms with Crippen molar-refractivity contribution in [3.8, 4) is 5.75 Å². The third kappa shape index (κ3) is 6.44. The van der Waals surface area contributed by atoms with Crippen LogP contribution in [0.25, 0.3) is 0 Å². The number of alkyl halides is 3. The molecule has 1 heterocycles. The Morgan fingerprint density at radius 1 is 1.24 bits per heavy atom. The van der Waals surface area contributed by atoms with Crippen LogP contribution in [0.5, 0.6) is 5.75 Å². The SMILES string of the molecule is COc1cc(C(N)=O)c(F)cc1Nc1ncc(C(F)(F)F)c(NCc2ccc(C)cc2N(C)S(C)=O)n1. The van der Waals surface area contributed by atoms with Gasteiger partial charge in [0.2, 0.25) is 5.95 Å². The lowest BCUT2D eigenvalue weighted by atomic mass is 10.1. The summed E-state index contributed by atoms with van der Waals surface area (Å²) in [5, 5.41) is 5.28. The van der Waals surface area contributed by atoms with Gasteiger partial charge in [-0.05, 0) is 30.2 Å². The van der Waals surface area contributed by atoms with Gasteiger partial charge >= 0.3 is 6.18 Å². The van der Waals surface area contributed by atoms with Gasteiger partial charge in [-0.15, -0.1) is 0 Å². The summed E-state index contributed by atoms with van der Waals surface area (Å²) in [6.45, 7) is 1.76. The van der Waals surface area contributed by atoms with E-state index >= 15 is 0 Å². The number of nitrogens with zero attached hydrogens (tertiary/aromatic N) is 3. The van der Waals surface area contributed by atoms with E-state index in [1.54, 1.807) is 25.2 Å². The molecule has 0 aliphatic rings. The summed E-state index contributed by atoms with van der Waals surface area (Å²) in [5.74, 6) is -2.83. The number of amides is 1. The van der Waals surface area contributed by atoms with E-state index in [0.717, 1.165) is 17.7 Å². The van der Waals surface area contributed by atoms with Crippen LogP contribution in [0.1, 0.15) is 27.0 Å². The molecule has 1 unspecified atom stereocenters. The molecule has 1 amide bonds. The number of ether oxygens (including phenoxy) is 1. The number of hydrogen-bond donors (Lipinski definition) is 3. The van der Waals surface area contributed by atoms with Crippen molar-refractivity contribution in [3.05, 3.63) is 64.6 Å². The van der Waals surface area contributed by atoms with E-state index in [2.05, 4.69) is 20.6 Å². The number of anilines is 4. The topological polar surface area (TPSA) is 122 Å². The van der Waals surface area contributed by atoms with Crippen molar-refractivity contribution in [1.82, 2.24) is 9.97 Å². The van der Waals surface area contributed by atoms with Gasteiger partial charge in [0.25, 0.3) is 5.91 Å². The molecule has 3 aromatic rings. The molecule has 4 N–H and O–H groups in total. The van der Waals surface area contributed by atoms with E-state index in [0.29, 0.717) is 17.4 Å². The maximum absolute atomic E-state index is 14.3. The van der Waals surface area contributed by atoms with Crippen molar-refractivity contribution >= 4 is 40.0 Å². The highest BCUT2D eigenvalue weighted by Crippen LogP contribution is 2.36. The minimum Gasteiger partial charge on any atom is -0.495 e. The van der Waals surface area contributed by atoms with Crippen molar-refractivity contribution < 1.29 is 31.3 Å². The zero-order chi connectivity index (χ0) is 27.5. The molecule has 3 rings (SSSR count). The van der Waals surface area contributed by atoms with Crippen LogP contribution in [0.4, 0.5) is 40.7 Å². The molecule has 0 radical (unpaired) electrons. The standard InChI is InChI=1S/C23H24F4N6O3S/c1-12-5-6-13(18(7-12)33(2)37(4)35)10-29-21-15(23(25,26)27)11-30-22(32-21)31-17-9-16(24)14(20(28)34)8-19(17)36-3/h5-9,11H,10H2,1-4H3,(H2,28,34)(H2,29,30,31,32). The van der Waals surface area contributed by atoms with Crippen molar-refractivity contribution in [2.24, 2.45) is 5.73 Å². The number of benzene rings is 2. The van der Waals surface area contributed by atoms with E-state index in [1.807, 2.05) is 6.92 Å². The van der Waals surface area contributed by atoms with Crippen LogP contribution in [0.3, 0.4) is 0 Å². The maximum Gasteiger partial charge on any atom is 0.421 e. The van der Waals surface area contributed by atoms with Crippen LogP contribution in [-0.2, 0) is 23.7 Å². The number of hydrogen-bond acceptors (Lipinski definition) is 7. The number of nitrogens with one attached hydrogen (secondary N) is 2. The third-order valence-corrected chi connectivity index (χ3v) is 6.28. The van der Waals surface area contributed by atoms with Crippen molar-refractivity contribution in [3.63, 3.8) is 0 Å². The van der Waals surface area contributed by atoms with Gasteiger partial charge in [-0.3, -0.25) is 9.10 Å². The lowest BCUT2D eigenvalue weighted by molar-refractivity contribution is -0.137. The van der Waals surface area contributed by atoms with E-state index in [-0.39, 0.29) is 23.9 Å². The van der Waals surface area contributed by atoms with Crippen molar-refractivity contribution in [2.45, 2.75) is 19.6 Å². The summed E-state index contributed by atoms with van der Waals surface area (Å²) in [7, 11) is 1.50. The lowest BCUT2D eigenvalue weighted by Crippen LogP contribution is -2.21. The van der Waals surface area contributed by atoms with Crippen LogP contribution in [-0.4, -0.2) is 40.5 Å². The van der Waals surface area contributed by atoms with Crippen LogP contribution < -0.4 is 25.4 Å². The summed E-state index contributed by atoms with van der Waals surface area (Å²) >= 11 is 0. The average Bonchev–Trinajstić information content (AvgIpc) is 2.82. The molecule has 9 nitrogen and oxygen atoms in total. The number of primary amides is 1. The number of rotatable bonds is 9. The number of nitrogens with two attached hydrogens (primary N) is 1. The highest BCUT2D eigenvalue weighted by atomic mass is 32.2. The van der Waals surface area contributed by atoms with E-state index < -0.39 is 45.8 Å². The summed E-state index contributed by atoms with van der Waals surface area (Å²) in [5.41, 5.74) is 5.58. The molecule has 1 atom stereocenters. The quantitative estimate of drug-likeness (QED) is 0.349. The Hall–Kier alpha value is -3.94. The van der Waals surface area contributed by atoms with Gasteiger partial charge in [-0.25, -0.2) is 13.6 Å². The first-order valence-electron chi connectivity index (χ1n) is 10.6. The van der Waals surface area contributed by atoms with Crippen LogP contribution in [0, 0.1) is 12.7 Å². The van der Waals surface area contributed by atoms with Gasteiger partial charge in [0.05, 0.1) is 24.0 Å². The molecular formula is C23H24F4N6O3S. The largest absolute Gasteiger partial charge is 0.495 e. The minimum atomic E-state index is -4.77. The molecule has 2 aromatic carbocycles. The number of aromatic nitrogens is 2. The van der Waals surface area contributed by atoms with Crippen molar-refractivity contribution in [2.75, 3.05) is 35.4 Å². The lowest BCUT2D eigenvalue weighted by Gasteiger charge is -2.21. The second kappa shape index (κ2) is 11.0. The van der Waals surface area contributed by atoms with Gasteiger partial charge in [0.15, 0.2) is 0 Å². The zero-order valence-corrected chi connectivity index (χ0v) is 21.1. The molecule has 0 aliphatic carbocycles. The molecule has 0 aliphatic heterocycles. The van der Waals surface area contributed by atoms with Crippen LogP contribution >= 0.6 is 0 Å². The Bertz CT molecular complexity index is 1350. The third-order valence-electron chi connectivity index (χ3n) is 5.31. The van der Waals surface area contributed by atoms with Crippen molar-refractivity contribution in [1.29, 1.82) is 0 Å². The maximum atomic E-state index is 14.3. The first-order valence-corrected chi connectivity index (χ1v) is 12.1. The number of methoxy groups -OCH3 is 1. The fourth-order valence-corrected chi connectivity index (χ4v) is 3.79. The predicted octanol–water partition coefficient (Wildman–Crippen LogP) is 4.14. The van der Waals surface area contributed by atoms with Crippen LogP contribution in [0.2, 0.25) is 0 Å². The number of carbonyl (C=O) groups excluding carboxylic acids is 1. The Morgan fingerprint density at radius 2 is 1.95 bits per heavy atom. The molecular weight excluding hydrogens is 516 g/mol. The monoisotopic (exact) mass is 540 g/mol. The summed E-state index contributed by atoms with van der Waals surface area (Å²) in [6, 6.07) is 7.21. The highest BCUT2D eigenvalue weighted by Gasteiger charge is 2.35. The second-order valence-electron chi connectivity index (χ2n) is 7.88. The Kier molecular flexibility index (Phi) is 8.21. The molecule has 0 saturated carbocycles. The molecule has 14 heteroatoms. The zero-order valence-electron chi connectivity index (χ0n) is 20.2. The fraction of sp³-hybridized carbons (Fsp3) is 0.261. The van der Waals surface area contributed by atoms with E-state index in [9.17, 15) is 26.6 Å². The normalized spacial score (nSPS) is 12.1. The molecule has 0 saturated heterocycles. The number of aryl methyl sites for hydroxylation is 1. The molecule has 198 valence electrons. The second-order valence-corrected chi connectivity index (χ2v) is 9.28. The molecule has 37 heavy (non-hydrogen) atoms. The fourth-order valence-electron chi connectivity index (χ4n) is 3.35. The predicted molar refractivity (Wildman–Crippen MR) is 133 cm³/mol. The van der Waals surface area contributed by atoms with E-state index in [4.69, 9.17) is 10.5 Å². The first kappa shape index (κ1) is 27.6. The van der Waals surface area contributed by atoms with Crippen LogP contribution in [0.15, 0.2) is 36.5 Å². The summed E-state index contributed by atoms with van der Waals surface area (Å²) < 4.78 is 74.0. The molecule has 0 fully saturated rings. The highest BCUT2D eigenvalue weighted by molar-refractivity contribution is 7.85. The average molecular weight is 541 g/mol. The molecule has 0 bridgehead atoms. The Morgan fingerprint density at radius 3 is 2.54 bits per heavy atom. The molecule has 0 spiro atoms. The first-order chi connectivity index (χ1) is 17.3. The Balaban J connectivity index is 1.98. The number of carbonyl (C=O) groups is 1. The van der Waals surface area contributed by atoms with Gasteiger partial charge < -0.3 is 21.1 Å². The van der Waals surface area contributed by atoms with Gasteiger partial charge in [-0.2, -0.15) is 18.2 Å². The smallest absolute Gasteiger partial charge is 0.421 e. The minimum absolute atomic E-state index is 0.00638. The van der Waals surface area contributed by atoms with E-state index in [1.165, 1.54) is 17.7 Å². The Labute approximate surface area is 212 Å². The van der Waals surface area contributed by atoms with Gasteiger partial charge in [0, 0.05) is 32.1 Å². The summed E-state index contributed by atoms with van der Waals surface area (Å²) in [4.78, 5) is 19.0.